The Kier molecular flexibility index (Phi) is 4.53. The molecule has 0 aliphatic carbocycles. The van der Waals surface area contributed by atoms with E-state index >= 15 is 0 Å². The fraction of sp³-hybridized carbons (Fsp3) is 0.435. The molecule has 0 aromatic heterocycles. The zero-order chi connectivity index (χ0) is 21.9. The SMILES string of the molecule is COc1cc2c(cc1OC)C1C(=O)c3ccc4c(c3OC1CO2)CC(C(C)(O)CO)O4. The van der Waals surface area contributed by atoms with Gasteiger partial charge in [0.05, 0.1) is 32.3 Å². The van der Waals surface area contributed by atoms with Gasteiger partial charge in [-0.25, -0.2) is 0 Å². The van der Waals surface area contributed by atoms with E-state index in [4.69, 9.17) is 23.7 Å². The van der Waals surface area contributed by atoms with Gasteiger partial charge in [0.15, 0.2) is 17.3 Å². The highest BCUT2D eigenvalue weighted by molar-refractivity contribution is 6.06. The molecule has 2 N–H and O–H groups in total. The van der Waals surface area contributed by atoms with E-state index in [0.717, 1.165) is 5.56 Å². The van der Waals surface area contributed by atoms with Gasteiger partial charge in [-0.15, -0.1) is 0 Å². The number of carbonyl (C=O) groups is 1. The van der Waals surface area contributed by atoms with E-state index in [0.29, 0.717) is 46.3 Å². The third-order valence-corrected chi connectivity index (χ3v) is 6.33. The van der Waals surface area contributed by atoms with Crippen LogP contribution in [0, 0.1) is 0 Å². The molecule has 8 heteroatoms. The number of aliphatic hydroxyl groups is 2. The van der Waals surface area contributed by atoms with Crippen LogP contribution in [0.5, 0.6) is 28.7 Å². The van der Waals surface area contributed by atoms with Crippen molar-refractivity contribution < 1.29 is 38.7 Å². The van der Waals surface area contributed by atoms with Crippen LogP contribution in [0.3, 0.4) is 0 Å². The molecule has 5 rings (SSSR count). The van der Waals surface area contributed by atoms with Crippen LogP contribution in [-0.4, -0.2) is 61.2 Å². The van der Waals surface area contributed by atoms with Gasteiger partial charge in [-0.3, -0.25) is 4.79 Å². The maximum absolute atomic E-state index is 13.6. The van der Waals surface area contributed by atoms with E-state index in [2.05, 4.69) is 0 Å². The van der Waals surface area contributed by atoms with Crippen LogP contribution in [-0.2, 0) is 6.42 Å². The minimum Gasteiger partial charge on any atom is -0.493 e. The van der Waals surface area contributed by atoms with Crippen molar-refractivity contribution >= 4 is 5.78 Å². The van der Waals surface area contributed by atoms with Crippen molar-refractivity contribution in [2.75, 3.05) is 27.4 Å². The molecule has 8 nitrogen and oxygen atoms in total. The number of hydrogen-bond acceptors (Lipinski definition) is 8. The molecule has 0 spiro atoms. The van der Waals surface area contributed by atoms with Crippen molar-refractivity contribution in [3.05, 3.63) is 41.0 Å². The van der Waals surface area contributed by atoms with Crippen LogP contribution in [0.15, 0.2) is 24.3 Å². The van der Waals surface area contributed by atoms with E-state index < -0.39 is 30.3 Å². The number of ether oxygens (including phenoxy) is 5. The highest BCUT2D eigenvalue weighted by atomic mass is 16.5. The Morgan fingerprint density at radius 2 is 1.87 bits per heavy atom. The summed E-state index contributed by atoms with van der Waals surface area (Å²) in [4.78, 5) is 13.6. The molecule has 0 amide bonds. The zero-order valence-corrected chi connectivity index (χ0v) is 17.5. The largest absolute Gasteiger partial charge is 0.493 e. The van der Waals surface area contributed by atoms with Crippen molar-refractivity contribution in [3.63, 3.8) is 0 Å². The van der Waals surface area contributed by atoms with Gasteiger partial charge >= 0.3 is 0 Å². The molecule has 3 aliphatic rings. The quantitative estimate of drug-likeness (QED) is 0.761. The second-order valence-corrected chi connectivity index (χ2v) is 8.30. The van der Waals surface area contributed by atoms with E-state index in [1.165, 1.54) is 6.92 Å². The van der Waals surface area contributed by atoms with Gasteiger partial charge < -0.3 is 33.9 Å². The summed E-state index contributed by atoms with van der Waals surface area (Å²) < 4.78 is 28.8. The number of hydrogen-bond donors (Lipinski definition) is 2. The first-order chi connectivity index (χ1) is 14.9. The fourth-order valence-electron chi connectivity index (χ4n) is 4.51. The summed E-state index contributed by atoms with van der Waals surface area (Å²) in [5.41, 5.74) is 0.481. The Morgan fingerprint density at radius 1 is 1.13 bits per heavy atom. The molecule has 2 aromatic rings. The number of carbonyl (C=O) groups excluding carboxylic acids is 1. The lowest BCUT2D eigenvalue weighted by Gasteiger charge is -2.37. The van der Waals surface area contributed by atoms with Crippen molar-refractivity contribution in [2.24, 2.45) is 0 Å². The molecule has 3 aliphatic heterocycles. The zero-order valence-electron chi connectivity index (χ0n) is 17.5. The van der Waals surface area contributed by atoms with Crippen LogP contribution in [0.25, 0.3) is 0 Å². The molecular weight excluding hydrogens is 404 g/mol. The molecular formula is C23H24O8. The lowest BCUT2D eigenvalue weighted by atomic mass is 9.81. The number of ketones is 1. The summed E-state index contributed by atoms with van der Waals surface area (Å²) in [6.07, 6.45) is -0.802. The molecule has 3 heterocycles. The molecule has 4 atom stereocenters. The van der Waals surface area contributed by atoms with Gasteiger partial charge in [0.2, 0.25) is 0 Å². The van der Waals surface area contributed by atoms with Gasteiger partial charge in [-0.2, -0.15) is 0 Å². The molecule has 2 aromatic carbocycles. The average molecular weight is 428 g/mol. The third-order valence-electron chi connectivity index (χ3n) is 6.33. The lowest BCUT2D eigenvalue weighted by molar-refractivity contribution is -0.0729. The van der Waals surface area contributed by atoms with Crippen molar-refractivity contribution in [1.29, 1.82) is 0 Å². The third kappa shape index (κ3) is 2.93. The summed E-state index contributed by atoms with van der Waals surface area (Å²) in [6.45, 7) is 1.29. The monoisotopic (exact) mass is 428 g/mol. The predicted molar refractivity (Wildman–Crippen MR) is 109 cm³/mol. The van der Waals surface area contributed by atoms with Crippen LogP contribution >= 0.6 is 0 Å². The van der Waals surface area contributed by atoms with Crippen LogP contribution in [0.4, 0.5) is 0 Å². The summed E-state index contributed by atoms with van der Waals surface area (Å²) in [7, 11) is 3.09. The first kappa shape index (κ1) is 20.0. The van der Waals surface area contributed by atoms with E-state index in [9.17, 15) is 15.0 Å². The van der Waals surface area contributed by atoms with E-state index in [1.807, 2.05) is 0 Å². The molecule has 0 saturated heterocycles. The van der Waals surface area contributed by atoms with Crippen molar-refractivity contribution in [2.45, 2.75) is 37.1 Å². The van der Waals surface area contributed by atoms with Gasteiger partial charge in [-0.1, -0.05) is 0 Å². The van der Waals surface area contributed by atoms with Crippen LogP contribution in [0.2, 0.25) is 0 Å². The number of aliphatic hydroxyl groups excluding tert-OH is 1. The van der Waals surface area contributed by atoms with E-state index in [-0.39, 0.29) is 12.4 Å². The molecule has 0 radical (unpaired) electrons. The average Bonchev–Trinajstić information content (AvgIpc) is 3.23. The van der Waals surface area contributed by atoms with E-state index in [1.54, 1.807) is 38.5 Å². The number of benzene rings is 2. The molecule has 0 fully saturated rings. The van der Waals surface area contributed by atoms with Crippen molar-refractivity contribution in [3.8, 4) is 28.7 Å². The maximum atomic E-state index is 13.6. The summed E-state index contributed by atoms with van der Waals surface area (Å²) in [6, 6.07) is 6.91. The summed E-state index contributed by atoms with van der Waals surface area (Å²) in [5.74, 6) is 2.03. The van der Waals surface area contributed by atoms with Gasteiger partial charge in [0.25, 0.3) is 0 Å². The minimum absolute atomic E-state index is 0.0665. The predicted octanol–water partition coefficient (Wildman–Crippen LogP) is 1.87. The standard InChI is InChI=1S/C23H24O8/c1-23(26,10-24)19-7-13-14(30-19)5-4-11-21(25)20-12-6-16(27-2)17(28-3)8-15(12)29-9-18(20)31-22(11)13/h4-6,8,18-20,24,26H,7,9-10H2,1-3H3. The first-order valence-electron chi connectivity index (χ1n) is 10.1. The maximum Gasteiger partial charge on any atom is 0.178 e. The Labute approximate surface area is 179 Å². The number of methoxy groups -OCH3 is 2. The second kappa shape index (κ2) is 7.03. The molecule has 0 bridgehead atoms. The van der Waals surface area contributed by atoms with Gasteiger partial charge in [0, 0.05) is 23.6 Å². The number of fused-ring (bicyclic) bond motifs is 6. The Hall–Kier alpha value is -2.97. The molecule has 164 valence electrons. The van der Waals surface area contributed by atoms with Gasteiger partial charge in [0.1, 0.15) is 41.7 Å². The normalized spacial score (nSPS) is 24.9. The number of rotatable bonds is 4. The first-order valence-corrected chi connectivity index (χ1v) is 10.1. The Bertz CT molecular complexity index is 1060. The Balaban J connectivity index is 1.55. The molecule has 4 unspecified atom stereocenters. The highest BCUT2D eigenvalue weighted by Gasteiger charge is 2.47. The summed E-state index contributed by atoms with van der Waals surface area (Å²) in [5, 5.41) is 19.9. The molecule has 0 saturated carbocycles. The highest BCUT2D eigenvalue weighted by Crippen LogP contribution is 2.50. The minimum atomic E-state index is -1.41. The van der Waals surface area contributed by atoms with Gasteiger partial charge in [-0.05, 0) is 25.1 Å². The van der Waals surface area contributed by atoms with Crippen LogP contribution < -0.4 is 23.7 Å². The summed E-state index contributed by atoms with van der Waals surface area (Å²) >= 11 is 0. The lowest BCUT2D eigenvalue weighted by Crippen LogP contribution is -2.45. The van der Waals surface area contributed by atoms with Crippen LogP contribution in [0.1, 0.15) is 34.3 Å². The number of Topliss-reactive ketones (excluding diaryl/α,β-unsaturated/α-hetero) is 1. The topological polar surface area (TPSA) is 104 Å². The van der Waals surface area contributed by atoms with Crippen molar-refractivity contribution in [1.82, 2.24) is 0 Å². The second-order valence-electron chi connectivity index (χ2n) is 8.30. The fourth-order valence-corrected chi connectivity index (χ4v) is 4.51. The Morgan fingerprint density at radius 3 is 2.58 bits per heavy atom. The smallest absolute Gasteiger partial charge is 0.178 e. The molecule has 31 heavy (non-hydrogen) atoms.